The third-order valence-corrected chi connectivity index (χ3v) is 1.91. The predicted octanol–water partition coefficient (Wildman–Crippen LogP) is -0.625. The minimum absolute atomic E-state index is 0.185. The van der Waals surface area contributed by atoms with E-state index in [2.05, 4.69) is 15.3 Å². The van der Waals surface area contributed by atoms with Crippen LogP contribution in [-0.4, -0.2) is 29.1 Å². The van der Waals surface area contributed by atoms with Crippen LogP contribution in [0, 0.1) is 0 Å². The average molecular weight is 184 g/mol. The van der Waals surface area contributed by atoms with Crippen LogP contribution >= 0.6 is 12.2 Å². The van der Waals surface area contributed by atoms with Gasteiger partial charge in [0.15, 0.2) is 23.3 Å². The van der Waals surface area contributed by atoms with E-state index in [4.69, 9.17) is 22.7 Å². The fourth-order valence-electron chi connectivity index (χ4n) is 1.21. The molecule has 3 N–H and O–H groups in total. The van der Waals surface area contributed by atoms with Crippen LogP contribution in [-0.2, 0) is 4.74 Å². The molecule has 0 fully saturated rings. The number of thiocarbonyl (C=S) groups is 1. The zero-order valence-electron chi connectivity index (χ0n) is 6.44. The lowest BCUT2D eigenvalue weighted by Gasteiger charge is -2.22. The number of amidine groups is 1. The number of hydrogen-bond acceptors (Lipinski definition) is 4. The Hall–Kier alpha value is -1.17. The Kier molecular flexibility index (Phi) is 1.50. The molecular formula is C6H8N4OS. The highest BCUT2D eigenvalue weighted by Crippen LogP contribution is 2.14. The summed E-state index contributed by atoms with van der Waals surface area (Å²) in [6.07, 6.45) is -0.466. The first-order valence-electron chi connectivity index (χ1n) is 3.52. The number of nitrogens with zero attached hydrogens (tertiary/aromatic N) is 2. The first-order valence-corrected chi connectivity index (χ1v) is 3.93. The lowest BCUT2D eigenvalue weighted by molar-refractivity contribution is 0.247. The predicted molar refractivity (Wildman–Crippen MR) is 49.1 cm³/mol. The molecule has 0 spiro atoms. The van der Waals surface area contributed by atoms with Gasteiger partial charge < -0.3 is 15.8 Å². The quantitative estimate of drug-likeness (QED) is 0.492. The van der Waals surface area contributed by atoms with Gasteiger partial charge in [-0.25, -0.2) is 9.98 Å². The van der Waals surface area contributed by atoms with Gasteiger partial charge in [-0.15, -0.1) is 0 Å². The van der Waals surface area contributed by atoms with Crippen molar-refractivity contribution in [3.05, 3.63) is 0 Å². The molecule has 6 heteroatoms. The van der Waals surface area contributed by atoms with Gasteiger partial charge in [0.25, 0.3) is 0 Å². The van der Waals surface area contributed by atoms with E-state index in [1.165, 1.54) is 0 Å². The molecule has 2 rings (SSSR count). The third-order valence-electron chi connectivity index (χ3n) is 1.70. The molecule has 0 aromatic carbocycles. The van der Waals surface area contributed by atoms with Crippen LogP contribution in [0.2, 0.25) is 0 Å². The van der Waals surface area contributed by atoms with Crippen molar-refractivity contribution in [2.75, 3.05) is 0 Å². The topological polar surface area (TPSA) is 72.0 Å². The summed E-state index contributed by atoms with van der Waals surface area (Å²) in [5.41, 5.74) is 5.60. The molecule has 5 nitrogen and oxygen atoms in total. The van der Waals surface area contributed by atoms with Gasteiger partial charge in [-0.05, 0) is 12.2 Å². The summed E-state index contributed by atoms with van der Waals surface area (Å²) in [6, 6.07) is 0. The third kappa shape index (κ3) is 1.04. The van der Waals surface area contributed by atoms with Gasteiger partial charge in [-0.1, -0.05) is 0 Å². The van der Waals surface area contributed by atoms with Crippen LogP contribution in [0.25, 0.3) is 0 Å². The highest BCUT2D eigenvalue weighted by Gasteiger charge is 2.35. The molecule has 0 aliphatic carbocycles. The highest BCUT2D eigenvalue weighted by atomic mass is 32.1. The van der Waals surface area contributed by atoms with Gasteiger partial charge in [-0.3, -0.25) is 0 Å². The number of hydrogen-bond donors (Lipinski definition) is 2. The zero-order chi connectivity index (χ0) is 8.72. The molecule has 0 aromatic rings. The molecule has 2 atom stereocenters. The van der Waals surface area contributed by atoms with E-state index in [1.54, 1.807) is 6.92 Å². The summed E-state index contributed by atoms with van der Waals surface area (Å²) in [6.45, 7) is 1.77. The summed E-state index contributed by atoms with van der Waals surface area (Å²) < 4.78 is 5.30. The SMILES string of the molecule is CC1=NC2NC(=S)N=C(N)C2O1. The molecule has 64 valence electrons. The molecule has 0 saturated heterocycles. The second kappa shape index (κ2) is 2.41. The number of fused-ring (bicyclic) bond motifs is 1. The maximum atomic E-state index is 5.60. The lowest BCUT2D eigenvalue weighted by Crippen LogP contribution is -2.50. The van der Waals surface area contributed by atoms with Crippen LogP contribution in [0.5, 0.6) is 0 Å². The van der Waals surface area contributed by atoms with Gasteiger partial charge in [0.2, 0.25) is 0 Å². The maximum absolute atomic E-state index is 5.60. The molecule has 2 aliphatic rings. The second-order valence-corrected chi connectivity index (χ2v) is 3.00. The summed E-state index contributed by atoms with van der Waals surface area (Å²) in [5.74, 6) is 1.00. The Bertz CT molecular complexity index is 298. The normalized spacial score (nSPS) is 32.9. The number of ether oxygens (including phenoxy) is 1. The Morgan fingerprint density at radius 2 is 2.42 bits per heavy atom. The fourth-order valence-corrected chi connectivity index (χ4v) is 1.44. The molecule has 0 amide bonds. The van der Waals surface area contributed by atoms with Crippen LogP contribution in [0.4, 0.5) is 0 Å². The monoisotopic (exact) mass is 184 g/mol. The van der Waals surface area contributed by atoms with Gasteiger partial charge in [-0.2, -0.15) is 0 Å². The van der Waals surface area contributed by atoms with Crippen LogP contribution in [0.1, 0.15) is 6.92 Å². The van der Waals surface area contributed by atoms with Gasteiger partial charge in [0, 0.05) is 6.92 Å². The molecule has 12 heavy (non-hydrogen) atoms. The van der Waals surface area contributed by atoms with E-state index < -0.39 is 0 Å². The summed E-state index contributed by atoms with van der Waals surface area (Å²) in [5, 5.41) is 3.26. The molecule has 0 saturated carbocycles. The summed E-state index contributed by atoms with van der Waals surface area (Å²) in [7, 11) is 0. The van der Waals surface area contributed by atoms with Crippen molar-refractivity contribution < 1.29 is 4.74 Å². The smallest absolute Gasteiger partial charge is 0.197 e. The maximum Gasteiger partial charge on any atom is 0.197 e. The van der Waals surface area contributed by atoms with E-state index >= 15 is 0 Å². The van der Waals surface area contributed by atoms with E-state index in [1.807, 2.05) is 0 Å². The molecular weight excluding hydrogens is 176 g/mol. The van der Waals surface area contributed by atoms with Crippen molar-refractivity contribution in [1.29, 1.82) is 0 Å². The van der Waals surface area contributed by atoms with E-state index in [0.29, 0.717) is 16.8 Å². The molecule has 0 bridgehead atoms. The van der Waals surface area contributed by atoms with Crippen molar-refractivity contribution in [3.63, 3.8) is 0 Å². The highest BCUT2D eigenvalue weighted by molar-refractivity contribution is 7.80. The van der Waals surface area contributed by atoms with Crippen molar-refractivity contribution in [3.8, 4) is 0 Å². The van der Waals surface area contributed by atoms with Gasteiger partial charge >= 0.3 is 0 Å². The number of nitrogens with two attached hydrogens (primary N) is 1. The minimum atomic E-state index is -0.281. The zero-order valence-corrected chi connectivity index (χ0v) is 7.26. The standard InChI is InChI=1S/C6H8N4OS/c1-2-8-5-3(11-2)4(7)9-6(12)10-5/h3,5H,1H3,(H3,7,9,10,12). The van der Waals surface area contributed by atoms with Crippen molar-refractivity contribution in [2.24, 2.45) is 15.7 Å². The molecule has 0 radical (unpaired) electrons. The van der Waals surface area contributed by atoms with E-state index in [9.17, 15) is 0 Å². The van der Waals surface area contributed by atoms with Gasteiger partial charge in [0.05, 0.1) is 0 Å². The molecule has 0 aromatic heterocycles. The average Bonchev–Trinajstić information content (AvgIpc) is 2.29. The Morgan fingerprint density at radius 1 is 1.67 bits per heavy atom. The first kappa shape index (κ1) is 7.48. The van der Waals surface area contributed by atoms with Crippen LogP contribution in [0.3, 0.4) is 0 Å². The van der Waals surface area contributed by atoms with Crippen molar-refractivity contribution >= 4 is 29.1 Å². The van der Waals surface area contributed by atoms with Crippen molar-refractivity contribution in [1.82, 2.24) is 5.32 Å². The Morgan fingerprint density at radius 3 is 3.17 bits per heavy atom. The van der Waals surface area contributed by atoms with Crippen molar-refractivity contribution in [2.45, 2.75) is 19.2 Å². The number of rotatable bonds is 0. The fraction of sp³-hybridized carbons (Fsp3) is 0.500. The van der Waals surface area contributed by atoms with Crippen LogP contribution in [0.15, 0.2) is 9.98 Å². The number of nitrogens with one attached hydrogen (secondary N) is 1. The Balaban J connectivity index is 2.29. The molecule has 2 heterocycles. The summed E-state index contributed by atoms with van der Waals surface area (Å²) >= 11 is 4.84. The second-order valence-electron chi connectivity index (χ2n) is 2.62. The lowest BCUT2D eigenvalue weighted by atomic mass is 10.2. The Labute approximate surface area is 74.7 Å². The van der Waals surface area contributed by atoms with E-state index in [0.717, 1.165) is 0 Å². The van der Waals surface area contributed by atoms with Gasteiger partial charge in [0.1, 0.15) is 5.84 Å². The molecule has 2 unspecified atom stereocenters. The summed E-state index contributed by atoms with van der Waals surface area (Å²) in [4.78, 5) is 8.02. The number of aliphatic imine (C=N–C) groups is 2. The van der Waals surface area contributed by atoms with Crippen LogP contribution < -0.4 is 11.1 Å². The molecule has 2 aliphatic heterocycles. The minimum Gasteiger partial charge on any atom is -0.466 e. The largest absolute Gasteiger partial charge is 0.466 e. The van der Waals surface area contributed by atoms with E-state index in [-0.39, 0.29) is 12.3 Å². The first-order chi connectivity index (χ1) is 5.66.